The average molecular weight is 230 g/mol. The second-order valence-corrected chi connectivity index (χ2v) is 4.69. The molecule has 0 aromatic carbocycles. The maximum absolute atomic E-state index is 11.3. The van der Waals surface area contributed by atoms with Crippen LogP contribution in [0.2, 0.25) is 0 Å². The summed E-state index contributed by atoms with van der Waals surface area (Å²) in [5, 5.41) is 0. The highest BCUT2D eigenvalue weighted by atomic mass is 16.5. The molecular weight excluding hydrogens is 208 g/mol. The van der Waals surface area contributed by atoms with Gasteiger partial charge in [0.25, 0.3) is 0 Å². The number of ketones is 1. The molecule has 0 radical (unpaired) electrons. The molecule has 0 amide bonds. The minimum atomic E-state index is -0.462. The Morgan fingerprint density at radius 2 is 1.81 bits per heavy atom. The maximum Gasteiger partial charge on any atom is 0.313 e. The van der Waals surface area contributed by atoms with Crippen molar-refractivity contribution < 1.29 is 19.1 Å². The van der Waals surface area contributed by atoms with E-state index in [1.807, 2.05) is 27.7 Å². The Balaban J connectivity index is 3.67. The Morgan fingerprint density at radius 1 is 1.19 bits per heavy atom. The molecule has 0 N–H and O–H groups in total. The summed E-state index contributed by atoms with van der Waals surface area (Å²) in [6.07, 6.45) is 1.60. The topological polar surface area (TPSA) is 52.6 Å². The lowest BCUT2D eigenvalue weighted by Crippen LogP contribution is -2.25. The minimum absolute atomic E-state index is 0.0353. The van der Waals surface area contributed by atoms with Crippen LogP contribution in [0, 0.1) is 0 Å². The quantitative estimate of drug-likeness (QED) is 0.382. The van der Waals surface area contributed by atoms with Gasteiger partial charge < -0.3 is 9.47 Å². The summed E-state index contributed by atoms with van der Waals surface area (Å²) in [6, 6.07) is 0. The predicted octanol–water partition coefficient (Wildman–Crippen LogP) is 2.10. The van der Waals surface area contributed by atoms with Gasteiger partial charge in [-0.05, 0) is 27.2 Å². The normalized spacial score (nSPS) is 11.2. The third kappa shape index (κ3) is 9.65. The van der Waals surface area contributed by atoms with E-state index in [1.165, 1.54) is 0 Å². The number of hydrogen-bond donors (Lipinski definition) is 0. The van der Waals surface area contributed by atoms with E-state index in [-0.39, 0.29) is 24.4 Å². The van der Waals surface area contributed by atoms with Gasteiger partial charge in [-0.2, -0.15) is 0 Å². The number of unbranched alkanes of at least 4 members (excludes halogenated alkanes) is 1. The lowest BCUT2D eigenvalue weighted by Gasteiger charge is -2.18. The number of hydrogen-bond acceptors (Lipinski definition) is 4. The molecule has 0 rings (SSSR count). The molecule has 0 atom stereocenters. The molecule has 16 heavy (non-hydrogen) atoms. The van der Waals surface area contributed by atoms with Gasteiger partial charge in [0.1, 0.15) is 13.0 Å². The van der Waals surface area contributed by atoms with E-state index in [9.17, 15) is 9.59 Å². The Hall–Kier alpha value is -0.900. The van der Waals surface area contributed by atoms with Gasteiger partial charge in [0.15, 0.2) is 5.78 Å². The number of Topliss-reactive ketones (excluding diaryl/α,β-unsaturated/α-hetero) is 1. The van der Waals surface area contributed by atoms with Gasteiger partial charge in [0.2, 0.25) is 0 Å². The van der Waals surface area contributed by atoms with Crippen LogP contribution in [0.3, 0.4) is 0 Å². The molecule has 0 fully saturated rings. The van der Waals surface area contributed by atoms with E-state index < -0.39 is 5.97 Å². The van der Waals surface area contributed by atoms with Crippen molar-refractivity contribution in [3.8, 4) is 0 Å². The second-order valence-electron chi connectivity index (χ2n) is 4.69. The molecule has 0 spiro atoms. The molecule has 4 nitrogen and oxygen atoms in total. The van der Waals surface area contributed by atoms with E-state index >= 15 is 0 Å². The predicted molar refractivity (Wildman–Crippen MR) is 61.2 cm³/mol. The van der Waals surface area contributed by atoms with Crippen LogP contribution in [0.5, 0.6) is 0 Å². The number of rotatable bonds is 7. The van der Waals surface area contributed by atoms with Crippen LogP contribution in [-0.4, -0.2) is 30.6 Å². The first kappa shape index (κ1) is 15.1. The van der Waals surface area contributed by atoms with Gasteiger partial charge in [-0.3, -0.25) is 9.59 Å². The van der Waals surface area contributed by atoms with Crippen molar-refractivity contribution in [3.05, 3.63) is 0 Å². The molecule has 0 saturated carbocycles. The van der Waals surface area contributed by atoms with Crippen molar-refractivity contribution >= 4 is 11.8 Å². The minimum Gasteiger partial charge on any atom is -0.465 e. The molecule has 4 heteroatoms. The Kier molecular flexibility index (Phi) is 6.97. The molecule has 0 unspecified atom stereocenters. The van der Waals surface area contributed by atoms with Gasteiger partial charge in [-0.1, -0.05) is 13.3 Å². The first-order valence-corrected chi connectivity index (χ1v) is 5.66. The summed E-state index contributed by atoms with van der Waals surface area (Å²) >= 11 is 0. The molecule has 0 aliphatic carbocycles. The Bertz CT molecular complexity index is 228. The monoisotopic (exact) mass is 230 g/mol. The van der Waals surface area contributed by atoms with Crippen molar-refractivity contribution in [2.75, 3.05) is 13.2 Å². The maximum atomic E-state index is 11.3. The summed E-state index contributed by atoms with van der Waals surface area (Å²) in [5.41, 5.74) is -0.359. The highest BCUT2D eigenvalue weighted by Crippen LogP contribution is 2.06. The van der Waals surface area contributed by atoms with E-state index in [2.05, 4.69) is 0 Å². The van der Waals surface area contributed by atoms with Crippen LogP contribution in [0.4, 0.5) is 0 Å². The van der Waals surface area contributed by atoms with Crippen molar-refractivity contribution in [1.29, 1.82) is 0 Å². The average Bonchev–Trinajstić information content (AvgIpc) is 2.14. The summed E-state index contributed by atoms with van der Waals surface area (Å²) < 4.78 is 10.1. The fraction of sp³-hybridized carbons (Fsp3) is 0.833. The zero-order valence-electron chi connectivity index (χ0n) is 10.7. The van der Waals surface area contributed by atoms with Crippen LogP contribution in [-0.2, 0) is 19.1 Å². The number of carbonyl (C=O) groups excluding carboxylic acids is 2. The van der Waals surface area contributed by atoms with Gasteiger partial charge in [-0.25, -0.2) is 0 Å². The molecule has 0 heterocycles. The molecule has 94 valence electrons. The Labute approximate surface area is 97.3 Å². The smallest absolute Gasteiger partial charge is 0.313 e. The van der Waals surface area contributed by atoms with Crippen LogP contribution in [0.1, 0.15) is 47.0 Å². The Morgan fingerprint density at radius 3 is 2.31 bits per heavy atom. The lowest BCUT2D eigenvalue weighted by molar-refractivity contribution is -0.148. The van der Waals surface area contributed by atoms with Crippen molar-refractivity contribution in [2.45, 2.75) is 52.6 Å². The van der Waals surface area contributed by atoms with Crippen molar-refractivity contribution in [1.82, 2.24) is 0 Å². The third-order valence-electron chi connectivity index (χ3n) is 1.77. The summed E-state index contributed by atoms with van der Waals surface area (Å²) in [6.45, 7) is 7.95. The van der Waals surface area contributed by atoms with E-state index in [1.54, 1.807) is 0 Å². The van der Waals surface area contributed by atoms with Gasteiger partial charge >= 0.3 is 5.97 Å². The molecule has 0 bridgehead atoms. The summed E-state index contributed by atoms with van der Waals surface area (Å²) in [4.78, 5) is 22.5. The van der Waals surface area contributed by atoms with Crippen LogP contribution in [0.25, 0.3) is 0 Å². The molecule has 0 aromatic heterocycles. The highest BCUT2D eigenvalue weighted by molar-refractivity contribution is 5.96. The van der Waals surface area contributed by atoms with Crippen LogP contribution in [0.15, 0.2) is 0 Å². The van der Waals surface area contributed by atoms with Crippen molar-refractivity contribution in [2.24, 2.45) is 0 Å². The largest absolute Gasteiger partial charge is 0.465 e. The first-order valence-electron chi connectivity index (χ1n) is 5.66. The van der Waals surface area contributed by atoms with Crippen LogP contribution < -0.4 is 0 Å². The lowest BCUT2D eigenvalue weighted by atomic mass is 10.2. The van der Waals surface area contributed by atoms with Gasteiger partial charge in [0, 0.05) is 0 Å². The summed E-state index contributed by atoms with van der Waals surface area (Å²) in [7, 11) is 0. The SMILES string of the molecule is CCCCOC(=O)CC(=O)COC(C)(C)C. The van der Waals surface area contributed by atoms with Gasteiger partial charge in [-0.15, -0.1) is 0 Å². The number of ether oxygens (including phenoxy) is 2. The molecule has 0 aromatic rings. The molecule has 0 aliphatic heterocycles. The summed E-state index contributed by atoms with van der Waals surface area (Å²) in [5.74, 6) is -0.701. The fourth-order valence-corrected chi connectivity index (χ4v) is 0.890. The third-order valence-corrected chi connectivity index (χ3v) is 1.77. The van der Waals surface area contributed by atoms with Crippen LogP contribution >= 0.6 is 0 Å². The standard InChI is InChI=1S/C12H22O4/c1-5-6-7-15-11(14)8-10(13)9-16-12(2,3)4/h5-9H2,1-4H3. The fourth-order valence-electron chi connectivity index (χ4n) is 0.890. The zero-order valence-corrected chi connectivity index (χ0v) is 10.7. The van der Waals surface area contributed by atoms with Crippen molar-refractivity contribution in [3.63, 3.8) is 0 Å². The highest BCUT2D eigenvalue weighted by Gasteiger charge is 2.15. The van der Waals surface area contributed by atoms with E-state index in [4.69, 9.17) is 9.47 Å². The molecule has 0 aliphatic rings. The first-order chi connectivity index (χ1) is 7.35. The second kappa shape index (κ2) is 7.39. The van der Waals surface area contributed by atoms with Gasteiger partial charge in [0.05, 0.1) is 12.2 Å². The number of carbonyl (C=O) groups is 2. The number of esters is 1. The molecule has 0 saturated heterocycles. The zero-order chi connectivity index (χ0) is 12.6. The van der Waals surface area contributed by atoms with E-state index in [0.717, 1.165) is 12.8 Å². The molecular formula is C12H22O4. The van der Waals surface area contributed by atoms with E-state index in [0.29, 0.717) is 6.61 Å².